The molecule has 0 radical (unpaired) electrons. The van der Waals surface area contributed by atoms with Crippen LogP contribution in [0.25, 0.3) is 0 Å². The number of hydrazine groups is 1. The van der Waals surface area contributed by atoms with Crippen LogP contribution in [-0.4, -0.2) is 31.0 Å². The van der Waals surface area contributed by atoms with Crippen molar-refractivity contribution < 1.29 is 14.3 Å². The number of nitrogens with two attached hydrogens (primary N) is 1. The molecule has 1 aliphatic heterocycles. The molecular formula is C13H18N2O3S. The number of hydrogen-bond donors (Lipinski definition) is 2. The molecule has 0 aromatic heterocycles. The molecule has 0 bridgehead atoms. The summed E-state index contributed by atoms with van der Waals surface area (Å²) in [4.78, 5) is 12.5. The lowest BCUT2D eigenvalue weighted by Crippen LogP contribution is -2.39. The molecule has 5 nitrogen and oxygen atoms in total. The fourth-order valence-electron chi connectivity index (χ4n) is 1.98. The number of nitrogens with one attached hydrogen (secondary N) is 1. The van der Waals surface area contributed by atoms with Crippen LogP contribution in [0.15, 0.2) is 29.2 Å². The molecule has 1 fully saturated rings. The Morgan fingerprint density at radius 1 is 1.47 bits per heavy atom. The molecule has 0 saturated carbocycles. The molecule has 1 aromatic carbocycles. The Balaban J connectivity index is 1.78. The summed E-state index contributed by atoms with van der Waals surface area (Å²) in [5.74, 6) is 5.62. The Morgan fingerprint density at radius 3 is 2.84 bits per heavy atom. The van der Waals surface area contributed by atoms with Crippen LogP contribution in [0, 0.1) is 0 Å². The van der Waals surface area contributed by atoms with Crippen LogP contribution in [0.3, 0.4) is 0 Å². The quantitative estimate of drug-likeness (QED) is 0.369. The van der Waals surface area contributed by atoms with Gasteiger partial charge >= 0.3 is 0 Å². The summed E-state index contributed by atoms with van der Waals surface area (Å²) in [6, 6.07) is 7.90. The van der Waals surface area contributed by atoms with Gasteiger partial charge in [0.15, 0.2) is 0 Å². The van der Waals surface area contributed by atoms with Crippen molar-refractivity contribution in [2.24, 2.45) is 5.84 Å². The van der Waals surface area contributed by atoms with Crippen LogP contribution >= 0.6 is 11.8 Å². The Bertz CT molecular complexity index is 424. The third kappa shape index (κ3) is 3.86. The molecule has 1 amide bonds. The Kier molecular flexibility index (Phi) is 5.07. The summed E-state index contributed by atoms with van der Waals surface area (Å²) in [6.07, 6.45) is 3.02. The van der Waals surface area contributed by atoms with Crippen LogP contribution in [-0.2, 0) is 9.53 Å². The normalized spacial score (nSPS) is 22.2. The molecule has 2 atom stereocenters. The number of amides is 1. The molecule has 6 heteroatoms. The van der Waals surface area contributed by atoms with E-state index in [1.165, 1.54) is 4.90 Å². The minimum Gasteiger partial charge on any atom is -0.491 e. The van der Waals surface area contributed by atoms with Crippen molar-refractivity contribution in [1.82, 2.24) is 5.43 Å². The number of ether oxygens (including phenoxy) is 2. The van der Waals surface area contributed by atoms with E-state index in [1.807, 2.05) is 30.5 Å². The largest absolute Gasteiger partial charge is 0.491 e. The lowest BCUT2D eigenvalue weighted by atomic mass is 10.2. The zero-order valence-electron chi connectivity index (χ0n) is 10.8. The number of benzene rings is 1. The standard InChI is InChI=1S/C13H18N2O3S/c1-19-11-5-2-9(3-6-11)17-8-10-4-7-12(18-10)13(16)15-14/h2-3,5-6,10,12H,4,7-8,14H2,1H3,(H,15,16). The molecule has 19 heavy (non-hydrogen) atoms. The Hall–Kier alpha value is -1.24. The van der Waals surface area contributed by atoms with Gasteiger partial charge in [0.2, 0.25) is 0 Å². The number of thioether (sulfide) groups is 1. The van der Waals surface area contributed by atoms with Gasteiger partial charge in [-0.2, -0.15) is 0 Å². The molecule has 0 spiro atoms. The van der Waals surface area contributed by atoms with Crippen molar-refractivity contribution in [2.45, 2.75) is 29.9 Å². The van der Waals surface area contributed by atoms with Crippen LogP contribution in [0.4, 0.5) is 0 Å². The maximum atomic E-state index is 11.3. The minimum absolute atomic E-state index is 0.0532. The number of carbonyl (C=O) groups is 1. The van der Waals surface area contributed by atoms with E-state index in [2.05, 4.69) is 5.43 Å². The van der Waals surface area contributed by atoms with Gasteiger partial charge in [0, 0.05) is 4.90 Å². The third-order valence-electron chi connectivity index (χ3n) is 3.04. The lowest BCUT2D eigenvalue weighted by molar-refractivity contribution is -0.132. The van der Waals surface area contributed by atoms with E-state index in [9.17, 15) is 4.79 Å². The minimum atomic E-state index is -0.447. The first-order chi connectivity index (χ1) is 9.22. The van der Waals surface area contributed by atoms with Crippen LogP contribution in [0.2, 0.25) is 0 Å². The highest BCUT2D eigenvalue weighted by atomic mass is 32.2. The second-order valence-electron chi connectivity index (χ2n) is 4.32. The SMILES string of the molecule is CSc1ccc(OCC2CCC(C(=O)NN)O2)cc1. The van der Waals surface area contributed by atoms with E-state index < -0.39 is 6.10 Å². The van der Waals surface area contributed by atoms with Crippen molar-refractivity contribution in [3.63, 3.8) is 0 Å². The van der Waals surface area contributed by atoms with Gasteiger partial charge < -0.3 is 9.47 Å². The molecule has 1 saturated heterocycles. The van der Waals surface area contributed by atoms with Gasteiger partial charge in [-0.05, 0) is 43.4 Å². The fraction of sp³-hybridized carbons (Fsp3) is 0.462. The highest BCUT2D eigenvalue weighted by Crippen LogP contribution is 2.22. The first-order valence-corrected chi connectivity index (χ1v) is 7.38. The first-order valence-electron chi connectivity index (χ1n) is 6.15. The molecule has 0 aliphatic carbocycles. The topological polar surface area (TPSA) is 73.6 Å². The molecule has 2 unspecified atom stereocenters. The summed E-state index contributed by atoms with van der Waals surface area (Å²) in [5.41, 5.74) is 2.11. The van der Waals surface area contributed by atoms with E-state index >= 15 is 0 Å². The van der Waals surface area contributed by atoms with E-state index in [1.54, 1.807) is 11.8 Å². The van der Waals surface area contributed by atoms with Gasteiger partial charge in [-0.15, -0.1) is 11.8 Å². The zero-order valence-corrected chi connectivity index (χ0v) is 11.6. The Labute approximate surface area is 116 Å². The second-order valence-corrected chi connectivity index (χ2v) is 5.20. The van der Waals surface area contributed by atoms with Crippen molar-refractivity contribution in [2.75, 3.05) is 12.9 Å². The monoisotopic (exact) mass is 282 g/mol. The number of hydrogen-bond acceptors (Lipinski definition) is 5. The molecule has 1 heterocycles. The van der Waals surface area contributed by atoms with Crippen LogP contribution in [0.5, 0.6) is 5.75 Å². The smallest absolute Gasteiger partial charge is 0.263 e. The maximum Gasteiger partial charge on any atom is 0.263 e. The van der Waals surface area contributed by atoms with Crippen molar-refractivity contribution in [3.8, 4) is 5.75 Å². The predicted molar refractivity (Wildman–Crippen MR) is 73.9 cm³/mol. The zero-order chi connectivity index (χ0) is 13.7. The summed E-state index contributed by atoms with van der Waals surface area (Å²) in [5, 5.41) is 0. The molecule has 1 aliphatic rings. The summed E-state index contributed by atoms with van der Waals surface area (Å²) < 4.78 is 11.2. The molecular weight excluding hydrogens is 264 g/mol. The third-order valence-corrected chi connectivity index (χ3v) is 3.78. The van der Waals surface area contributed by atoms with Gasteiger partial charge in [0.1, 0.15) is 18.5 Å². The van der Waals surface area contributed by atoms with E-state index in [4.69, 9.17) is 15.3 Å². The lowest BCUT2D eigenvalue weighted by Gasteiger charge is -2.13. The molecule has 2 rings (SSSR count). The molecule has 104 valence electrons. The highest BCUT2D eigenvalue weighted by Gasteiger charge is 2.30. The average Bonchev–Trinajstić information content (AvgIpc) is 2.93. The van der Waals surface area contributed by atoms with E-state index in [0.717, 1.165) is 12.2 Å². The summed E-state index contributed by atoms with van der Waals surface area (Å²) in [7, 11) is 0. The average molecular weight is 282 g/mol. The Morgan fingerprint density at radius 2 is 2.21 bits per heavy atom. The van der Waals surface area contributed by atoms with Gasteiger partial charge in [-0.1, -0.05) is 0 Å². The second kappa shape index (κ2) is 6.79. The van der Waals surface area contributed by atoms with Gasteiger partial charge in [-0.25, -0.2) is 5.84 Å². The molecule has 1 aromatic rings. The van der Waals surface area contributed by atoms with Gasteiger partial charge in [0.05, 0.1) is 6.10 Å². The highest BCUT2D eigenvalue weighted by molar-refractivity contribution is 7.98. The number of rotatable bonds is 5. The van der Waals surface area contributed by atoms with Gasteiger partial charge in [-0.3, -0.25) is 10.2 Å². The van der Waals surface area contributed by atoms with E-state index in [-0.39, 0.29) is 12.0 Å². The van der Waals surface area contributed by atoms with Crippen molar-refractivity contribution >= 4 is 17.7 Å². The van der Waals surface area contributed by atoms with Crippen molar-refractivity contribution in [3.05, 3.63) is 24.3 Å². The van der Waals surface area contributed by atoms with Crippen LogP contribution < -0.4 is 16.0 Å². The summed E-state index contributed by atoms with van der Waals surface area (Å²) >= 11 is 1.69. The van der Waals surface area contributed by atoms with E-state index in [0.29, 0.717) is 13.0 Å². The van der Waals surface area contributed by atoms with Crippen molar-refractivity contribution in [1.29, 1.82) is 0 Å². The first kappa shape index (κ1) is 14.2. The fourth-order valence-corrected chi connectivity index (χ4v) is 2.38. The van der Waals surface area contributed by atoms with Crippen LogP contribution in [0.1, 0.15) is 12.8 Å². The van der Waals surface area contributed by atoms with Gasteiger partial charge in [0.25, 0.3) is 5.91 Å². The summed E-state index contributed by atoms with van der Waals surface area (Å²) in [6.45, 7) is 0.451. The number of carbonyl (C=O) groups excluding carboxylic acids is 1. The maximum absolute atomic E-state index is 11.3. The molecule has 3 N–H and O–H groups in total. The predicted octanol–water partition coefficient (Wildman–Crippen LogP) is 1.32.